The number of hydrogen-bond donors (Lipinski definition) is 2. The number of aryl methyl sites for hydroxylation is 2. The number of amides is 1. The quantitative estimate of drug-likeness (QED) is 0.689. The van der Waals surface area contributed by atoms with Gasteiger partial charge in [0.05, 0.1) is 16.3 Å². The van der Waals surface area contributed by atoms with Gasteiger partial charge in [0, 0.05) is 9.40 Å². The number of hydrogen-bond acceptors (Lipinski definition) is 4. The minimum atomic E-state index is -0.103. The number of carbonyl (C=O) groups is 1. The van der Waals surface area contributed by atoms with Gasteiger partial charge in [-0.15, -0.1) is 22.7 Å². The molecule has 0 aliphatic carbocycles. The second-order valence-electron chi connectivity index (χ2n) is 4.74. The Balaban J connectivity index is 1.89. The first-order valence-corrected chi connectivity index (χ1v) is 7.89. The number of thiophene rings is 2. The molecule has 0 bridgehead atoms. The minimum absolute atomic E-state index is 0.103. The van der Waals surface area contributed by atoms with Crippen molar-refractivity contribution >= 4 is 49.4 Å². The van der Waals surface area contributed by atoms with Gasteiger partial charge >= 0.3 is 0 Å². The lowest BCUT2D eigenvalue weighted by Gasteiger charge is -2.10. The number of rotatable bonds is 2. The normalized spacial score (nSPS) is 10.9. The Morgan fingerprint density at radius 1 is 1.15 bits per heavy atom. The SMILES string of the molecule is Cc1cc(N)c(NC(=O)c2cc3sccc3s2)cc1C. The van der Waals surface area contributed by atoms with Gasteiger partial charge in [0.1, 0.15) is 0 Å². The van der Waals surface area contributed by atoms with E-state index in [0.717, 1.165) is 20.5 Å². The molecule has 0 unspecified atom stereocenters. The zero-order valence-electron chi connectivity index (χ0n) is 11.2. The van der Waals surface area contributed by atoms with Crippen molar-refractivity contribution < 1.29 is 4.79 Å². The molecular formula is C15H14N2OS2. The first kappa shape index (κ1) is 13.1. The third kappa shape index (κ3) is 2.30. The van der Waals surface area contributed by atoms with E-state index in [1.54, 1.807) is 11.3 Å². The highest BCUT2D eigenvalue weighted by Gasteiger charge is 2.13. The van der Waals surface area contributed by atoms with Crippen LogP contribution in [0.2, 0.25) is 0 Å². The molecule has 3 N–H and O–H groups in total. The number of carbonyl (C=O) groups excluding carboxylic acids is 1. The molecule has 3 aromatic rings. The molecule has 0 saturated carbocycles. The summed E-state index contributed by atoms with van der Waals surface area (Å²) in [5.41, 5.74) is 9.47. The van der Waals surface area contributed by atoms with Crippen molar-refractivity contribution in [1.29, 1.82) is 0 Å². The lowest BCUT2D eigenvalue weighted by molar-refractivity contribution is 0.103. The van der Waals surface area contributed by atoms with E-state index in [0.29, 0.717) is 16.3 Å². The van der Waals surface area contributed by atoms with Crippen molar-refractivity contribution in [1.82, 2.24) is 0 Å². The standard InChI is InChI=1S/C15H14N2OS2/c1-8-5-10(16)11(6-9(8)2)17-15(18)14-7-13-12(20-14)3-4-19-13/h3-7H,16H2,1-2H3,(H,17,18). The van der Waals surface area contributed by atoms with E-state index in [4.69, 9.17) is 5.73 Å². The molecule has 3 rings (SSSR count). The summed E-state index contributed by atoms with van der Waals surface area (Å²) < 4.78 is 2.29. The van der Waals surface area contributed by atoms with Gasteiger partial charge in [-0.1, -0.05) is 0 Å². The molecule has 102 valence electrons. The molecule has 0 atom stereocenters. The van der Waals surface area contributed by atoms with Crippen molar-refractivity contribution in [3.63, 3.8) is 0 Å². The van der Waals surface area contributed by atoms with Crippen LogP contribution in [0, 0.1) is 13.8 Å². The van der Waals surface area contributed by atoms with Gasteiger partial charge in [0.25, 0.3) is 5.91 Å². The van der Waals surface area contributed by atoms with Crippen LogP contribution in [-0.2, 0) is 0 Å². The lowest BCUT2D eigenvalue weighted by atomic mass is 10.1. The second-order valence-corrected chi connectivity index (χ2v) is 6.77. The summed E-state index contributed by atoms with van der Waals surface area (Å²) >= 11 is 3.15. The van der Waals surface area contributed by atoms with Crippen molar-refractivity contribution in [3.05, 3.63) is 45.6 Å². The molecule has 0 fully saturated rings. The van der Waals surface area contributed by atoms with E-state index < -0.39 is 0 Å². The van der Waals surface area contributed by atoms with E-state index in [9.17, 15) is 4.79 Å². The van der Waals surface area contributed by atoms with Crippen LogP contribution in [0.1, 0.15) is 20.8 Å². The summed E-state index contributed by atoms with van der Waals surface area (Å²) in [7, 11) is 0. The van der Waals surface area contributed by atoms with Crippen LogP contribution >= 0.6 is 22.7 Å². The second kappa shape index (κ2) is 4.92. The fraction of sp³-hybridized carbons (Fsp3) is 0.133. The molecule has 0 spiro atoms. The van der Waals surface area contributed by atoms with Crippen molar-refractivity contribution in [2.75, 3.05) is 11.1 Å². The van der Waals surface area contributed by atoms with Crippen LogP contribution in [0.15, 0.2) is 29.6 Å². The maximum atomic E-state index is 12.3. The Morgan fingerprint density at radius 2 is 1.90 bits per heavy atom. The highest BCUT2D eigenvalue weighted by atomic mass is 32.1. The van der Waals surface area contributed by atoms with Crippen LogP contribution in [0.4, 0.5) is 11.4 Å². The Kier molecular flexibility index (Phi) is 3.23. The van der Waals surface area contributed by atoms with Crippen LogP contribution in [-0.4, -0.2) is 5.91 Å². The summed E-state index contributed by atoms with van der Waals surface area (Å²) in [6.45, 7) is 4.01. The third-order valence-electron chi connectivity index (χ3n) is 3.28. The Bertz CT molecular complexity index is 773. The number of nitrogens with two attached hydrogens (primary N) is 1. The minimum Gasteiger partial charge on any atom is -0.397 e. The molecule has 5 heteroatoms. The smallest absolute Gasteiger partial charge is 0.265 e. The first-order valence-electron chi connectivity index (χ1n) is 6.19. The summed E-state index contributed by atoms with van der Waals surface area (Å²) in [5.74, 6) is -0.103. The van der Waals surface area contributed by atoms with Gasteiger partial charge in [0.15, 0.2) is 0 Å². The van der Waals surface area contributed by atoms with Crippen LogP contribution in [0.25, 0.3) is 9.40 Å². The van der Waals surface area contributed by atoms with Crippen LogP contribution < -0.4 is 11.1 Å². The summed E-state index contributed by atoms with van der Waals surface area (Å²) in [4.78, 5) is 13.0. The van der Waals surface area contributed by atoms with Crippen molar-refractivity contribution in [2.24, 2.45) is 0 Å². The third-order valence-corrected chi connectivity index (χ3v) is 5.37. The van der Waals surface area contributed by atoms with E-state index in [1.165, 1.54) is 11.3 Å². The lowest BCUT2D eigenvalue weighted by Crippen LogP contribution is -2.12. The first-order chi connectivity index (χ1) is 9.54. The van der Waals surface area contributed by atoms with Crippen molar-refractivity contribution in [3.8, 4) is 0 Å². The van der Waals surface area contributed by atoms with Crippen LogP contribution in [0.3, 0.4) is 0 Å². The molecule has 2 heterocycles. The maximum absolute atomic E-state index is 12.3. The predicted octanol–water partition coefficient (Wildman–Crippen LogP) is 4.41. The average molecular weight is 302 g/mol. The molecule has 0 aliphatic rings. The number of anilines is 2. The van der Waals surface area contributed by atoms with E-state index >= 15 is 0 Å². The Hall–Kier alpha value is -1.85. The molecule has 1 aromatic carbocycles. The molecule has 2 aromatic heterocycles. The topological polar surface area (TPSA) is 55.1 Å². The van der Waals surface area contributed by atoms with Gasteiger partial charge in [0.2, 0.25) is 0 Å². The summed E-state index contributed by atoms with van der Waals surface area (Å²) in [6, 6.07) is 7.76. The molecule has 1 amide bonds. The highest BCUT2D eigenvalue weighted by molar-refractivity contribution is 7.27. The molecular weight excluding hydrogens is 288 g/mol. The number of nitrogens with one attached hydrogen (secondary N) is 1. The zero-order chi connectivity index (χ0) is 14.3. The molecule has 0 saturated heterocycles. The van der Waals surface area contributed by atoms with Crippen molar-refractivity contribution in [2.45, 2.75) is 13.8 Å². The zero-order valence-corrected chi connectivity index (χ0v) is 12.8. The van der Waals surface area contributed by atoms with E-state index in [2.05, 4.69) is 5.32 Å². The fourth-order valence-corrected chi connectivity index (χ4v) is 4.01. The largest absolute Gasteiger partial charge is 0.397 e. The monoisotopic (exact) mass is 302 g/mol. The van der Waals surface area contributed by atoms with Gasteiger partial charge in [-0.3, -0.25) is 4.79 Å². The average Bonchev–Trinajstić information content (AvgIpc) is 2.96. The predicted molar refractivity (Wildman–Crippen MR) is 88.0 cm³/mol. The van der Waals surface area contributed by atoms with Gasteiger partial charge < -0.3 is 11.1 Å². The number of benzene rings is 1. The summed E-state index contributed by atoms with van der Waals surface area (Å²) in [5, 5.41) is 4.93. The molecule has 0 aliphatic heterocycles. The van der Waals surface area contributed by atoms with Gasteiger partial charge in [-0.05, 0) is 54.6 Å². The Morgan fingerprint density at radius 3 is 2.65 bits per heavy atom. The number of nitrogen functional groups attached to an aromatic ring is 1. The van der Waals surface area contributed by atoms with E-state index in [-0.39, 0.29) is 5.91 Å². The Labute approximate surface area is 125 Å². The summed E-state index contributed by atoms with van der Waals surface area (Å²) in [6.07, 6.45) is 0. The maximum Gasteiger partial charge on any atom is 0.265 e. The number of fused-ring (bicyclic) bond motifs is 1. The highest BCUT2D eigenvalue weighted by Crippen LogP contribution is 2.31. The molecule has 20 heavy (non-hydrogen) atoms. The fourth-order valence-electron chi connectivity index (χ4n) is 2.01. The van der Waals surface area contributed by atoms with E-state index in [1.807, 2.05) is 43.5 Å². The van der Waals surface area contributed by atoms with Crippen LogP contribution in [0.5, 0.6) is 0 Å². The molecule has 0 radical (unpaired) electrons. The molecule has 3 nitrogen and oxygen atoms in total. The van der Waals surface area contributed by atoms with Gasteiger partial charge in [-0.2, -0.15) is 0 Å². The van der Waals surface area contributed by atoms with Gasteiger partial charge in [-0.25, -0.2) is 0 Å².